The standard InChI is InChI=1S/C15H21NO4S/c1-14(2,3)20-13(19)16-8-5-7-15(16,12(17)18)10-11-6-4-9-21-11/h4,6,9H,5,7-8,10H2,1-3H3,(H,17,18)/p-1/t15-/m0/s1. The van der Waals surface area contributed by atoms with E-state index < -0.39 is 23.2 Å². The van der Waals surface area contributed by atoms with E-state index in [1.54, 1.807) is 20.8 Å². The zero-order valence-corrected chi connectivity index (χ0v) is 13.4. The Morgan fingerprint density at radius 3 is 2.71 bits per heavy atom. The molecule has 1 fully saturated rings. The second-order valence-corrected chi connectivity index (χ2v) is 7.34. The van der Waals surface area contributed by atoms with Crippen LogP contribution in [0.3, 0.4) is 0 Å². The Morgan fingerprint density at radius 1 is 1.48 bits per heavy atom. The predicted octanol–water partition coefficient (Wildman–Crippen LogP) is 1.81. The molecule has 1 aliphatic rings. The summed E-state index contributed by atoms with van der Waals surface area (Å²) in [5, 5.41) is 13.7. The maximum Gasteiger partial charge on any atom is 0.411 e. The molecule has 0 aromatic carbocycles. The summed E-state index contributed by atoms with van der Waals surface area (Å²) >= 11 is 1.48. The molecule has 5 nitrogen and oxygen atoms in total. The molecule has 0 saturated carbocycles. The maximum absolute atomic E-state index is 12.3. The Bertz CT molecular complexity index is 520. The Morgan fingerprint density at radius 2 is 2.19 bits per heavy atom. The summed E-state index contributed by atoms with van der Waals surface area (Å²) in [4.78, 5) is 26.4. The van der Waals surface area contributed by atoms with Gasteiger partial charge in [0.25, 0.3) is 0 Å². The summed E-state index contributed by atoms with van der Waals surface area (Å²) in [7, 11) is 0. The lowest BCUT2D eigenvalue weighted by molar-refractivity contribution is -0.317. The number of amides is 1. The molecule has 1 atom stereocenters. The third-order valence-electron chi connectivity index (χ3n) is 3.53. The quantitative estimate of drug-likeness (QED) is 0.854. The number of carboxylic acid groups (broad SMARTS) is 1. The minimum Gasteiger partial charge on any atom is -0.548 e. The number of rotatable bonds is 3. The van der Waals surface area contributed by atoms with Crippen LogP contribution in [0.4, 0.5) is 4.79 Å². The number of hydrogen-bond acceptors (Lipinski definition) is 5. The minimum absolute atomic E-state index is 0.270. The van der Waals surface area contributed by atoms with E-state index in [9.17, 15) is 14.7 Å². The lowest BCUT2D eigenvalue weighted by Gasteiger charge is -2.39. The van der Waals surface area contributed by atoms with Crippen molar-refractivity contribution in [3.8, 4) is 0 Å². The van der Waals surface area contributed by atoms with Crippen molar-refractivity contribution in [1.29, 1.82) is 0 Å². The Labute approximate surface area is 128 Å². The predicted molar refractivity (Wildman–Crippen MR) is 77.9 cm³/mol. The summed E-state index contributed by atoms with van der Waals surface area (Å²) in [5.41, 5.74) is -1.95. The van der Waals surface area contributed by atoms with E-state index in [4.69, 9.17) is 4.74 Å². The van der Waals surface area contributed by atoms with E-state index in [-0.39, 0.29) is 6.42 Å². The molecular weight excluding hydrogens is 290 g/mol. The summed E-state index contributed by atoms with van der Waals surface area (Å²) in [6, 6.07) is 3.75. The molecule has 0 radical (unpaired) electrons. The highest BCUT2D eigenvalue weighted by Crippen LogP contribution is 2.34. The van der Waals surface area contributed by atoms with Crippen molar-refractivity contribution in [2.45, 2.75) is 51.2 Å². The smallest absolute Gasteiger partial charge is 0.411 e. The van der Waals surface area contributed by atoms with Gasteiger partial charge in [0.15, 0.2) is 0 Å². The van der Waals surface area contributed by atoms with Crippen LogP contribution in [-0.4, -0.2) is 34.6 Å². The molecular formula is C15H20NO4S-. The molecule has 1 amide bonds. The minimum atomic E-state index is -1.30. The van der Waals surface area contributed by atoms with E-state index >= 15 is 0 Å². The van der Waals surface area contributed by atoms with E-state index in [1.165, 1.54) is 16.2 Å². The van der Waals surface area contributed by atoms with Crippen molar-refractivity contribution in [1.82, 2.24) is 4.90 Å². The van der Waals surface area contributed by atoms with Crippen LogP contribution in [0.25, 0.3) is 0 Å². The van der Waals surface area contributed by atoms with E-state index in [1.807, 2.05) is 17.5 Å². The molecule has 1 saturated heterocycles. The SMILES string of the molecule is CC(C)(C)OC(=O)N1CCC[C@]1(Cc1cccs1)C(=O)[O-]. The van der Waals surface area contributed by atoms with Crippen molar-refractivity contribution in [3.05, 3.63) is 22.4 Å². The number of likely N-dealkylation sites (tertiary alicyclic amines) is 1. The maximum atomic E-state index is 12.3. The van der Waals surface area contributed by atoms with Crippen LogP contribution in [0.2, 0.25) is 0 Å². The van der Waals surface area contributed by atoms with Crippen molar-refractivity contribution in [2.24, 2.45) is 0 Å². The van der Waals surface area contributed by atoms with Crippen molar-refractivity contribution in [3.63, 3.8) is 0 Å². The number of aliphatic carboxylic acids is 1. The molecule has 21 heavy (non-hydrogen) atoms. The first-order valence-corrected chi connectivity index (χ1v) is 7.87. The molecule has 6 heteroatoms. The molecule has 1 aromatic heterocycles. The molecule has 1 aliphatic heterocycles. The molecule has 1 aromatic rings. The Balaban J connectivity index is 2.26. The van der Waals surface area contributed by atoms with Gasteiger partial charge in [-0.25, -0.2) is 4.79 Å². The number of thiophene rings is 1. The third-order valence-corrected chi connectivity index (χ3v) is 4.41. The van der Waals surface area contributed by atoms with Crippen LogP contribution in [0.5, 0.6) is 0 Å². The van der Waals surface area contributed by atoms with Gasteiger partial charge in [-0.3, -0.25) is 4.90 Å². The first kappa shape index (κ1) is 15.8. The lowest BCUT2D eigenvalue weighted by atomic mass is 9.91. The summed E-state index contributed by atoms with van der Waals surface area (Å²) in [6.07, 6.45) is 0.720. The molecule has 0 aliphatic carbocycles. The average Bonchev–Trinajstić information content (AvgIpc) is 2.96. The zero-order valence-electron chi connectivity index (χ0n) is 12.5. The van der Waals surface area contributed by atoms with Crippen LogP contribution in [0.15, 0.2) is 17.5 Å². The number of hydrogen-bond donors (Lipinski definition) is 0. The zero-order chi connectivity index (χ0) is 15.7. The summed E-state index contributed by atoms with van der Waals surface area (Å²) in [5.74, 6) is -1.21. The summed E-state index contributed by atoms with van der Waals surface area (Å²) in [6.45, 7) is 5.68. The fourth-order valence-corrected chi connectivity index (χ4v) is 3.44. The largest absolute Gasteiger partial charge is 0.548 e. The van der Waals surface area contributed by atoms with Gasteiger partial charge in [0.05, 0.1) is 11.5 Å². The van der Waals surface area contributed by atoms with Crippen LogP contribution in [-0.2, 0) is 16.0 Å². The number of carbonyl (C=O) groups is 2. The van der Waals surface area contributed by atoms with Gasteiger partial charge in [0.2, 0.25) is 0 Å². The van der Waals surface area contributed by atoms with Crippen LogP contribution >= 0.6 is 11.3 Å². The van der Waals surface area contributed by atoms with Crippen LogP contribution < -0.4 is 5.11 Å². The highest BCUT2D eigenvalue weighted by atomic mass is 32.1. The molecule has 2 heterocycles. The first-order chi connectivity index (χ1) is 9.74. The van der Waals surface area contributed by atoms with Crippen LogP contribution in [0, 0.1) is 0 Å². The highest BCUT2D eigenvalue weighted by molar-refractivity contribution is 7.09. The van der Waals surface area contributed by atoms with Crippen molar-refractivity contribution < 1.29 is 19.4 Å². The highest BCUT2D eigenvalue weighted by Gasteiger charge is 2.46. The van der Waals surface area contributed by atoms with Gasteiger partial charge >= 0.3 is 6.09 Å². The third kappa shape index (κ3) is 3.37. The topological polar surface area (TPSA) is 69.7 Å². The normalized spacial score (nSPS) is 22.3. The molecule has 0 unspecified atom stereocenters. The lowest BCUT2D eigenvalue weighted by Crippen LogP contribution is -2.60. The van der Waals surface area contributed by atoms with Gasteiger partial charge in [0, 0.05) is 17.8 Å². The van der Waals surface area contributed by atoms with Gasteiger partial charge in [-0.05, 0) is 45.1 Å². The second kappa shape index (κ2) is 5.67. The number of ether oxygens (including phenoxy) is 1. The Hall–Kier alpha value is -1.56. The van der Waals surface area contributed by atoms with E-state index in [2.05, 4.69) is 0 Å². The monoisotopic (exact) mass is 310 g/mol. The fourth-order valence-electron chi connectivity index (χ4n) is 2.63. The number of nitrogens with zero attached hydrogens (tertiary/aromatic N) is 1. The summed E-state index contributed by atoms with van der Waals surface area (Å²) < 4.78 is 5.35. The van der Waals surface area contributed by atoms with Crippen molar-refractivity contribution in [2.75, 3.05) is 6.54 Å². The molecule has 0 N–H and O–H groups in total. The van der Waals surface area contributed by atoms with Gasteiger partial charge in [0.1, 0.15) is 5.60 Å². The van der Waals surface area contributed by atoms with Gasteiger partial charge in [-0.15, -0.1) is 11.3 Å². The van der Waals surface area contributed by atoms with Crippen molar-refractivity contribution >= 4 is 23.4 Å². The van der Waals surface area contributed by atoms with Gasteiger partial charge in [-0.1, -0.05) is 6.07 Å². The molecule has 0 spiro atoms. The van der Waals surface area contributed by atoms with Crippen LogP contribution in [0.1, 0.15) is 38.5 Å². The number of carboxylic acids is 1. The molecule has 116 valence electrons. The molecule has 2 rings (SSSR count). The molecule has 0 bridgehead atoms. The van der Waals surface area contributed by atoms with Gasteiger partial charge in [-0.2, -0.15) is 0 Å². The van der Waals surface area contributed by atoms with E-state index in [0.29, 0.717) is 19.4 Å². The first-order valence-electron chi connectivity index (χ1n) is 6.99. The second-order valence-electron chi connectivity index (χ2n) is 6.31. The Kier molecular flexibility index (Phi) is 4.27. The fraction of sp³-hybridized carbons (Fsp3) is 0.600. The van der Waals surface area contributed by atoms with Gasteiger partial charge < -0.3 is 14.6 Å². The number of carbonyl (C=O) groups excluding carboxylic acids is 2. The average molecular weight is 310 g/mol. The van der Waals surface area contributed by atoms with E-state index in [0.717, 1.165) is 4.88 Å².